The first-order chi connectivity index (χ1) is 12.0. The molecule has 25 heavy (non-hydrogen) atoms. The highest BCUT2D eigenvalue weighted by molar-refractivity contribution is 7.91. The monoisotopic (exact) mass is 374 g/mol. The second kappa shape index (κ2) is 7.38. The maximum Gasteiger partial charge on any atom is 0.226 e. The predicted octanol–water partition coefficient (Wildman–Crippen LogP) is 3.30. The Morgan fingerprint density at radius 2 is 1.92 bits per heavy atom. The van der Waals surface area contributed by atoms with Gasteiger partial charge in [-0.05, 0) is 43.4 Å². The van der Waals surface area contributed by atoms with E-state index in [0.29, 0.717) is 10.6 Å². The molecule has 0 aliphatic heterocycles. The Kier molecular flexibility index (Phi) is 5.21. The first kappa shape index (κ1) is 17.6. The topological polar surface area (TPSA) is 87.0 Å². The Bertz CT molecular complexity index is 925. The zero-order chi connectivity index (χ0) is 17.9. The van der Waals surface area contributed by atoms with Crippen LogP contribution in [0.25, 0.3) is 0 Å². The molecule has 7 heteroatoms. The molecule has 2 aromatic rings. The number of aryl methyl sites for hydroxylation is 1. The van der Waals surface area contributed by atoms with E-state index in [1.54, 1.807) is 18.2 Å². The van der Waals surface area contributed by atoms with Crippen LogP contribution in [0, 0.1) is 11.3 Å². The lowest BCUT2D eigenvalue weighted by Crippen LogP contribution is -2.17. The molecule has 1 heterocycles. The van der Waals surface area contributed by atoms with Crippen LogP contribution in [-0.4, -0.2) is 20.1 Å². The third-order valence-corrected chi connectivity index (χ3v) is 7.18. The molecule has 1 N–H and O–H groups in total. The van der Waals surface area contributed by atoms with Crippen LogP contribution >= 0.6 is 11.3 Å². The second-order valence-electron chi connectivity index (χ2n) is 5.96. The summed E-state index contributed by atoms with van der Waals surface area (Å²) in [5.41, 5.74) is 1.59. The van der Waals surface area contributed by atoms with Crippen LogP contribution in [0.3, 0.4) is 0 Å². The smallest absolute Gasteiger partial charge is 0.226 e. The van der Waals surface area contributed by atoms with E-state index in [0.717, 1.165) is 36.1 Å². The number of carbonyl (C=O) groups is 1. The summed E-state index contributed by atoms with van der Waals surface area (Å²) in [6, 6.07) is 10.3. The van der Waals surface area contributed by atoms with Crippen molar-refractivity contribution in [2.45, 2.75) is 37.0 Å². The van der Waals surface area contributed by atoms with Crippen LogP contribution in [0.4, 0.5) is 5.00 Å². The van der Waals surface area contributed by atoms with Gasteiger partial charge in [-0.15, -0.1) is 11.3 Å². The molecule has 3 rings (SSSR count). The van der Waals surface area contributed by atoms with Crippen molar-refractivity contribution in [3.63, 3.8) is 0 Å². The van der Waals surface area contributed by atoms with Crippen molar-refractivity contribution >= 4 is 32.1 Å². The first-order valence-electron chi connectivity index (χ1n) is 8.13. The summed E-state index contributed by atoms with van der Waals surface area (Å²) >= 11 is 1.44. The van der Waals surface area contributed by atoms with E-state index in [2.05, 4.69) is 11.4 Å². The van der Waals surface area contributed by atoms with Gasteiger partial charge >= 0.3 is 0 Å². The lowest BCUT2D eigenvalue weighted by atomic mass is 9.96. The number of nitrogens with one attached hydrogen (secondary N) is 1. The highest BCUT2D eigenvalue weighted by atomic mass is 32.2. The molecule has 1 aromatic heterocycles. The fourth-order valence-corrected chi connectivity index (χ4v) is 5.45. The van der Waals surface area contributed by atoms with Gasteiger partial charge in [0.05, 0.1) is 16.2 Å². The number of sulfone groups is 1. The summed E-state index contributed by atoms with van der Waals surface area (Å²) in [4.78, 5) is 13.6. The quantitative estimate of drug-likeness (QED) is 0.870. The van der Waals surface area contributed by atoms with E-state index in [1.165, 1.54) is 23.5 Å². The molecule has 1 aliphatic rings. The van der Waals surface area contributed by atoms with Crippen LogP contribution in [0.2, 0.25) is 0 Å². The number of hydrogen-bond acceptors (Lipinski definition) is 5. The van der Waals surface area contributed by atoms with E-state index in [1.807, 2.05) is 0 Å². The Labute approximate surface area is 151 Å². The maximum absolute atomic E-state index is 12.2. The third-order valence-electron chi connectivity index (χ3n) is 4.24. The summed E-state index contributed by atoms with van der Waals surface area (Å²) in [5, 5.41) is 12.7. The number of anilines is 1. The highest BCUT2D eigenvalue weighted by Crippen LogP contribution is 2.37. The summed E-state index contributed by atoms with van der Waals surface area (Å²) < 4.78 is 24.5. The van der Waals surface area contributed by atoms with Gasteiger partial charge in [-0.2, -0.15) is 5.26 Å². The van der Waals surface area contributed by atoms with Crippen molar-refractivity contribution in [2.24, 2.45) is 0 Å². The Morgan fingerprint density at radius 3 is 2.64 bits per heavy atom. The largest absolute Gasteiger partial charge is 0.317 e. The first-order valence-corrected chi connectivity index (χ1v) is 10.6. The molecule has 0 spiro atoms. The molecule has 5 nitrogen and oxygen atoms in total. The van der Waals surface area contributed by atoms with E-state index >= 15 is 0 Å². The van der Waals surface area contributed by atoms with Crippen LogP contribution < -0.4 is 5.32 Å². The zero-order valence-electron chi connectivity index (χ0n) is 13.6. The number of nitriles is 1. The number of carbonyl (C=O) groups excluding carboxylic acids is 1. The molecule has 0 fully saturated rings. The third kappa shape index (κ3) is 3.91. The number of nitrogens with zero attached hydrogens (tertiary/aromatic N) is 1. The van der Waals surface area contributed by atoms with Gasteiger partial charge in [0.1, 0.15) is 11.1 Å². The van der Waals surface area contributed by atoms with Gasteiger partial charge in [0.2, 0.25) is 5.91 Å². The number of fused-ring (bicyclic) bond motifs is 1. The van der Waals surface area contributed by atoms with Gasteiger partial charge in [-0.3, -0.25) is 4.79 Å². The molecular weight excluding hydrogens is 356 g/mol. The number of benzene rings is 1. The summed E-state index contributed by atoms with van der Waals surface area (Å²) in [5.74, 6) is -0.634. The van der Waals surface area contributed by atoms with E-state index in [4.69, 9.17) is 0 Å². The Morgan fingerprint density at radius 1 is 1.20 bits per heavy atom. The maximum atomic E-state index is 12.2. The van der Waals surface area contributed by atoms with Gasteiger partial charge in [0.15, 0.2) is 9.84 Å². The van der Waals surface area contributed by atoms with E-state index < -0.39 is 9.84 Å². The molecule has 0 saturated heterocycles. The molecule has 1 aromatic carbocycles. The molecule has 0 saturated carbocycles. The number of amides is 1. The van der Waals surface area contributed by atoms with Crippen molar-refractivity contribution in [1.29, 1.82) is 5.26 Å². The van der Waals surface area contributed by atoms with Crippen LogP contribution in [0.5, 0.6) is 0 Å². The molecule has 1 amide bonds. The van der Waals surface area contributed by atoms with Crippen molar-refractivity contribution in [1.82, 2.24) is 0 Å². The molecule has 130 valence electrons. The van der Waals surface area contributed by atoms with E-state index in [9.17, 15) is 18.5 Å². The second-order valence-corrected chi connectivity index (χ2v) is 9.17. The fraction of sp³-hybridized carbons (Fsp3) is 0.333. The van der Waals surface area contributed by atoms with Gasteiger partial charge in [-0.25, -0.2) is 8.42 Å². The lowest BCUT2D eigenvalue weighted by Gasteiger charge is -2.09. The normalized spacial score (nSPS) is 13.7. The minimum atomic E-state index is -3.49. The zero-order valence-corrected chi connectivity index (χ0v) is 15.3. The molecule has 0 bridgehead atoms. The average molecular weight is 374 g/mol. The lowest BCUT2D eigenvalue weighted by molar-refractivity contribution is -0.115. The number of hydrogen-bond donors (Lipinski definition) is 1. The summed E-state index contributed by atoms with van der Waals surface area (Å²) in [6.07, 6.45) is 3.83. The highest BCUT2D eigenvalue weighted by Gasteiger charge is 2.22. The molecule has 1 aliphatic carbocycles. The number of thiophene rings is 1. The van der Waals surface area contributed by atoms with Crippen molar-refractivity contribution < 1.29 is 13.2 Å². The van der Waals surface area contributed by atoms with Gasteiger partial charge < -0.3 is 5.32 Å². The summed E-state index contributed by atoms with van der Waals surface area (Å²) in [7, 11) is -3.49. The minimum Gasteiger partial charge on any atom is -0.317 e. The molecule has 0 atom stereocenters. The van der Waals surface area contributed by atoms with Crippen LogP contribution in [0.15, 0.2) is 35.2 Å². The Balaban J connectivity index is 1.68. The van der Waals surface area contributed by atoms with Crippen LogP contribution in [-0.2, 0) is 27.5 Å². The fourth-order valence-electron chi connectivity index (χ4n) is 2.93. The Hall–Kier alpha value is -2.17. The molecule has 0 unspecified atom stereocenters. The molecule has 0 radical (unpaired) electrons. The van der Waals surface area contributed by atoms with Gasteiger partial charge in [-0.1, -0.05) is 18.2 Å². The minimum absolute atomic E-state index is 0.134. The van der Waals surface area contributed by atoms with Gasteiger partial charge in [0.25, 0.3) is 0 Å². The SMILES string of the molecule is N#Cc1c(NC(=O)CCS(=O)(=O)c2ccccc2)sc2c1CCCC2. The van der Waals surface area contributed by atoms with Crippen LogP contribution in [0.1, 0.15) is 35.3 Å². The standard InChI is InChI=1S/C18H18N2O3S2/c19-12-15-14-8-4-5-9-16(14)24-18(15)20-17(21)10-11-25(22,23)13-6-2-1-3-7-13/h1-3,6-7H,4-5,8-11H2,(H,20,21). The van der Waals surface area contributed by atoms with Crippen molar-refractivity contribution in [3.05, 3.63) is 46.3 Å². The van der Waals surface area contributed by atoms with E-state index in [-0.39, 0.29) is 23.0 Å². The average Bonchev–Trinajstić information content (AvgIpc) is 2.97. The summed E-state index contributed by atoms with van der Waals surface area (Å²) in [6.45, 7) is 0. The van der Waals surface area contributed by atoms with Crippen molar-refractivity contribution in [3.8, 4) is 6.07 Å². The van der Waals surface area contributed by atoms with Crippen molar-refractivity contribution in [2.75, 3.05) is 11.1 Å². The number of rotatable bonds is 5. The van der Waals surface area contributed by atoms with Gasteiger partial charge in [0, 0.05) is 11.3 Å². The molecular formula is C18H18N2O3S2. The predicted molar refractivity (Wildman–Crippen MR) is 97.4 cm³/mol.